The molecule has 0 aromatic carbocycles. The van der Waals surface area contributed by atoms with E-state index in [2.05, 4.69) is 21.2 Å². The molecule has 2 N–H and O–H groups in total. The van der Waals surface area contributed by atoms with Crippen LogP contribution < -0.4 is 5.32 Å². The number of hydrogen-bond donors (Lipinski definition) is 2. The zero-order chi connectivity index (χ0) is 13.5. The highest BCUT2D eigenvalue weighted by molar-refractivity contribution is 9.11. The van der Waals surface area contributed by atoms with Crippen molar-refractivity contribution in [2.45, 2.75) is 25.3 Å². The molecule has 1 rings (SSSR count). The molecule has 18 heavy (non-hydrogen) atoms. The third-order valence-corrected chi connectivity index (χ3v) is 3.93. The smallest absolute Gasteiger partial charge is 0.328 e. The third kappa shape index (κ3) is 5.14. The molecule has 1 unspecified atom stereocenters. The molecule has 1 aromatic rings. The van der Waals surface area contributed by atoms with E-state index in [4.69, 9.17) is 5.11 Å². The summed E-state index contributed by atoms with van der Waals surface area (Å²) in [5.41, 5.74) is 0. The summed E-state index contributed by atoms with van der Waals surface area (Å²) in [4.78, 5) is 23.0. The first-order valence-electron chi connectivity index (χ1n) is 5.35. The molecular weight excluding hydrogens is 325 g/mol. The number of thiophene rings is 1. The number of aliphatic carboxylic acids is 1. The first kappa shape index (κ1) is 15.1. The fraction of sp³-hybridized carbons (Fsp3) is 0.455. The number of halogens is 2. The van der Waals surface area contributed by atoms with Gasteiger partial charge in [0.25, 0.3) is 0 Å². The topological polar surface area (TPSA) is 66.4 Å². The highest BCUT2D eigenvalue weighted by Crippen LogP contribution is 2.23. The highest BCUT2D eigenvalue weighted by Gasteiger charge is 2.19. The molecule has 4 nitrogen and oxygen atoms in total. The predicted octanol–water partition coefficient (Wildman–Crippen LogP) is 2.37. The van der Waals surface area contributed by atoms with E-state index < -0.39 is 24.6 Å². The lowest BCUT2D eigenvalue weighted by molar-refractivity contribution is -0.142. The second-order valence-electron chi connectivity index (χ2n) is 3.67. The van der Waals surface area contributed by atoms with Crippen LogP contribution in [0.1, 0.15) is 17.7 Å². The first-order valence-corrected chi connectivity index (χ1v) is 6.96. The number of hydrogen-bond acceptors (Lipinski definition) is 3. The van der Waals surface area contributed by atoms with Crippen molar-refractivity contribution in [3.63, 3.8) is 0 Å². The van der Waals surface area contributed by atoms with E-state index in [0.717, 1.165) is 15.1 Å². The molecule has 0 radical (unpaired) electrons. The number of alkyl halides is 1. The minimum Gasteiger partial charge on any atom is -0.480 e. The van der Waals surface area contributed by atoms with E-state index >= 15 is 0 Å². The van der Waals surface area contributed by atoms with Gasteiger partial charge in [0.1, 0.15) is 6.67 Å². The van der Waals surface area contributed by atoms with E-state index in [1.165, 1.54) is 0 Å². The molecule has 1 amide bonds. The van der Waals surface area contributed by atoms with Crippen molar-refractivity contribution >= 4 is 39.1 Å². The van der Waals surface area contributed by atoms with E-state index in [9.17, 15) is 14.0 Å². The van der Waals surface area contributed by atoms with Crippen molar-refractivity contribution in [3.8, 4) is 0 Å². The number of carboxylic acids is 1. The van der Waals surface area contributed by atoms with Gasteiger partial charge in [-0.05, 0) is 40.9 Å². The fourth-order valence-corrected chi connectivity index (χ4v) is 2.87. The molecular formula is C11H13BrFNO3S. The number of amides is 1. The van der Waals surface area contributed by atoms with Crippen LogP contribution in [0.15, 0.2) is 15.9 Å². The maximum atomic E-state index is 12.3. The third-order valence-electron chi connectivity index (χ3n) is 2.24. The standard InChI is InChI=1S/C11H13BrFNO3S/c12-9-5-4-7(18-9)2-1-3-10(15)14-8(6-13)11(16)17/h4-5,8H,1-3,6H2,(H,14,15)(H,16,17). The van der Waals surface area contributed by atoms with E-state index in [1.807, 2.05) is 12.1 Å². The summed E-state index contributed by atoms with van der Waals surface area (Å²) < 4.78 is 13.3. The lowest BCUT2D eigenvalue weighted by atomic mass is 10.2. The number of rotatable bonds is 7. The highest BCUT2D eigenvalue weighted by atomic mass is 79.9. The monoisotopic (exact) mass is 337 g/mol. The number of carbonyl (C=O) groups excluding carboxylic acids is 1. The molecule has 0 saturated carbocycles. The van der Waals surface area contributed by atoms with Gasteiger partial charge >= 0.3 is 5.97 Å². The number of carboxylic acid groups (broad SMARTS) is 1. The molecule has 0 bridgehead atoms. The Balaban J connectivity index is 2.26. The molecule has 0 saturated heterocycles. The van der Waals surface area contributed by atoms with Crippen LogP contribution in [0.4, 0.5) is 4.39 Å². The van der Waals surface area contributed by atoms with Gasteiger partial charge in [-0.2, -0.15) is 0 Å². The summed E-state index contributed by atoms with van der Waals surface area (Å²) in [5, 5.41) is 10.7. The van der Waals surface area contributed by atoms with Crippen LogP contribution >= 0.6 is 27.3 Å². The SMILES string of the molecule is O=C(CCCc1ccc(Br)s1)NC(CF)C(=O)O. The van der Waals surface area contributed by atoms with Gasteiger partial charge in [0.15, 0.2) is 6.04 Å². The second kappa shape index (κ2) is 7.48. The Hall–Kier alpha value is -0.950. The average Bonchev–Trinajstić information content (AvgIpc) is 2.71. The molecule has 0 aliphatic carbocycles. The van der Waals surface area contributed by atoms with Gasteiger partial charge in [0, 0.05) is 11.3 Å². The van der Waals surface area contributed by atoms with Crippen molar-refractivity contribution in [1.29, 1.82) is 0 Å². The molecule has 7 heteroatoms. The summed E-state index contributed by atoms with van der Waals surface area (Å²) in [5.74, 6) is -1.79. The van der Waals surface area contributed by atoms with Gasteiger partial charge in [0.05, 0.1) is 3.79 Å². The van der Waals surface area contributed by atoms with Crippen molar-refractivity contribution in [1.82, 2.24) is 5.32 Å². The minimum absolute atomic E-state index is 0.194. The summed E-state index contributed by atoms with van der Waals surface area (Å²) in [6.45, 7) is -1.10. The van der Waals surface area contributed by atoms with Gasteiger partial charge in [0.2, 0.25) is 5.91 Å². The molecule has 0 aliphatic rings. The van der Waals surface area contributed by atoms with Gasteiger partial charge in [-0.3, -0.25) is 4.79 Å². The summed E-state index contributed by atoms with van der Waals surface area (Å²) >= 11 is 4.94. The van der Waals surface area contributed by atoms with Crippen molar-refractivity contribution < 1.29 is 19.1 Å². The average molecular weight is 338 g/mol. The van der Waals surface area contributed by atoms with Crippen LogP contribution in [0.2, 0.25) is 0 Å². The summed E-state index contributed by atoms with van der Waals surface area (Å²) in [7, 11) is 0. The van der Waals surface area contributed by atoms with Crippen LogP contribution in [0, 0.1) is 0 Å². The summed E-state index contributed by atoms with van der Waals surface area (Å²) in [6.07, 6.45) is 1.55. The van der Waals surface area contributed by atoms with Crippen LogP contribution in [-0.4, -0.2) is 29.7 Å². The van der Waals surface area contributed by atoms with Gasteiger partial charge in [-0.15, -0.1) is 11.3 Å². The second-order valence-corrected chi connectivity index (χ2v) is 6.22. The maximum absolute atomic E-state index is 12.3. The van der Waals surface area contributed by atoms with Crippen molar-refractivity contribution in [2.75, 3.05) is 6.67 Å². The predicted molar refractivity (Wildman–Crippen MR) is 70.5 cm³/mol. The first-order chi connectivity index (χ1) is 8.52. The van der Waals surface area contributed by atoms with Crippen molar-refractivity contribution in [2.24, 2.45) is 0 Å². The van der Waals surface area contributed by atoms with E-state index in [1.54, 1.807) is 11.3 Å². The quantitative estimate of drug-likeness (QED) is 0.802. The lowest BCUT2D eigenvalue weighted by Gasteiger charge is -2.10. The molecule has 0 spiro atoms. The zero-order valence-corrected chi connectivity index (χ0v) is 11.9. The van der Waals surface area contributed by atoms with Gasteiger partial charge in [-0.1, -0.05) is 0 Å². The van der Waals surface area contributed by atoms with Crippen LogP contribution in [0.25, 0.3) is 0 Å². The molecule has 1 heterocycles. The Kier molecular flexibility index (Phi) is 6.28. The van der Waals surface area contributed by atoms with E-state index in [-0.39, 0.29) is 6.42 Å². The molecule has 1 aromatic heterocycles. The maximum Gasteiger partial charge on any atom is 0.328 e. The largest absolute Gasteiger partial charge is 0.480 e. The Labute approximate surface area is 116 Å². The number of carbonyl (C=O) groups is 2. The Morgan fingerprint density at radius 3 is 2.72 bits per heavy atom. The van der Waals surface area contributed by atoms with Gasteiger partial charge < -0.3 is 10.4 Å². The Morgan fingerprint density at radius 2 is 2.22 bits per heavy atom. The van der Waals surface area contributed by atoms with E-state index in [0.29, 0.717) is 6.42 Å². The Morgan fingerprint density at radius 1 is 1.50 bits per heavy atom. The molecule has 1 atom stereocenters. The summed E-state index contributed by atoms with van der Waals surface area (Å²) in [6, 6.07) is 2.46. The normalized spacial score (nSPS) is 12.1. The fourth-order valence-electron chi connectivity index (χ4n) is 1.34. The van der Waals surface area contributed by atoms with Crippen molar-refractivity contribution in [3.05, 3.63) is 20.8 Å². The van der Waals surface area contributed by atoms with Crippen LogP contribution in [0.5, 0.6) is 0 Å². The minimum atomic E-state index is -1.44. The molecule has 0 fully saturated rings. The molecule has 0 aliphatic heterocycles. The molecule has 100 valence electrons. The van der Waals surface area contributed by atoms with Crippen LogP contribution in [-0.2, 0) is 16.0 Å². The Bertz CT molecular complexity index is 424. The van der Waals surface area contributed by atoms with Crippen LogP contribution in [0.3, 0.4) is 0 Å². The zero-order valence-electron chi connectivity index (χ0n) is 9.49. The number of aryl methyl sites for hydroxylation is 1. The van der Waals surface area contributed by atoms with Gasteiger partial charge in [-0.25, -0.2) is 9.18 Å². The number of nitrogens with one attached hydrogen (secondary N) is 1. The lowest BCUT2D eigenvalue weighted by Crippen LogP contribution is -2.42.